The van der Waals surface area contributed by atoms with Crippen LogP contribution in [0.25, 0.3) is 10.2 Å². The van der Waals surface area contributed by atoms with E-state index in [1.165, 1.54) is 4.88 Å². The fourth-order valence-electron chi connectivity index (χ4n) is 2.01. The van der Waals surface area contributed by atoms with Crippen LogP contribution in [0.5, 0.6) is 0 Å². The Labute approximate surface area is 121 Å². The van der Waals surface area contributed by atoms with Crippen molar-refractivity contribution in [2.75, 3.05) is 17.7 Å². The van der Waals surface area contributed by atoms with Gasteiger partial charge in [-0.1, -0.05) is 25.1 Å². The highest BCUT2D eigenvalue weighted by Crippen LogP contribution is 2.31. The van der Waals surface area contributed by atoms with Crippen LogP contribution in [0.4, 0.5) is 17.5 Å². The Balaban J connectivity index is 2.09. The van der Waals surface area contributed by atoms with Gasteiger partial charge in [0.15, 0.2) is 0 Å². The number of aromatic nitrogens is 2. The lowest BCUT2D eigenvalue weighted by atomic mass is 10.3. The van der Waals surface area contributed by atoms with Crippen LogP contribution in [0.1, 0.15) is 11.8 Å². The molecule has 102 valence electrons. The molecule has 0 fully saturated rings. The summed E-state index contributed by atoms with van der Waals surface area (Å²) in [4.78, 5) is 11.4. The molecule has 2 N–H and O–H groups in total. The Bertz CT molecular complexity index is 721. The predicted molar refractivity (Wildman–Crippen MR) is 86.1 cm³/mol. The minimum Gasteiger partial charge on any atom is -0.357 e. The van der Waals surface area contributed by atoms with Crippen LogP contribution in [-0.2, 0) is 6.42 Å². The molecule has 0 bridgehead atoms. The minimum absolute atomic E-state index is 0.639. The molecule has 0 saturated carbocycles. The monoisotopic (exact) mass is 284 g/mol. The fourth-order valence-corrected chi connectivity index (χ4v) is 2.98. The van der Waals surface area contributed by atoms with E-state index in [2.05, 4.69) is 33.6 Å². The standard InChI is InChI=1S/C15H16N4S/c1-3-11-9-12-13(17-10-7-5-4-6-8-10)18-15(16-2)19-14(12)20-11/h4-9H,3H2,1-2H3,(H2,16,17,18,19). The molecule has 2 heterocycles. The van der Waals surface area contributed by atoms with Gasteiger partial charge in [0.05, 0.1) is 5.39 Å². The maximum Gasteiger partial charge on any atom is 0.225 e. The van der Waals surface area contributed by atoms with Crippen molar-refractivity contribution in [1.29, 1.82) is 0 Å². The van der Waals surface area contributed by atoms with Crippen LogP contribution in [0.15, 0.2) is 36.4 Å². The third-order valence-electron chi connectivity index (χ3n) is 3.05. The summed E-state index contributed by atoms with van der Waals surface area (Å²) in [6, 6.07) is 12.2. The maximum atomic E-state index is 4.54. The van der Waals surface area contributed by atoms with Crippen molar-refractivity contribution in [1.82, 2.24) is 9.97 Å². The summed E-state index contributed by atoms with van der Waals surface area (Å²) >= 11 is 1.72. The third kappa shape index (κ3) is 2.44. The highest BCUT2D eigenvalue weighted by molar-refractivity contribution is 7.18. The van der Waals surface area contributed by atoms with Gasteiger partial charge in [0, 0.05) is 17.6 Å². The lowest BCUT2D eigenvalue weighted by Crippen LogP contribution is -2.00. The molecule has 0 atom stereocenters. The Morgan fingerprint density at radius 1 is 1.15 bits per heavy atom. The average Bonchev–Trinajstić information content (AvgIpc) is 2.91. The molecule has 2 aromatic heterocycles. The minimum atomic E-state index is 0.639. The summed E-state index contributed by atoms with van der Waals surface area (Å²) in [6.07, 6.45) is 1.01. The van der Waals surface area contributed by atoms with E-state index >= 15 is 0 Å². The van der Waals surface area contributed by atoms with Crippen molar-refractivity contribution >= 4 is 39.0 Å². The molecule has 0 aliphatic heterocycles. The third-order valence-corrected chi connectivity index (χ3v) is 4.23. The number of nitrogens with zero attached hydrogens (tertiary/aromatic N) is 2. The molecule has 1 aromatic carbocycles. The van der Waals surface area contributed by atoms with E-state index in [4.69, 9.17) is 0 Å². The first-order valence-electron chi connectivity index (χ1n) is 6.60. The molecule has 0 unspecified atom stereocenters. The molecule has 0 radical (unpaired) electrons. The average molecular weight is 284 g/mol. The number of rotatable bonds is 4. The van der Waals surface area contributed by atoms with Crippen LogP contribution in [0, 0.1) is 0 Å². The van der Waals surface area contributed by atoms with E-state index in [1.54, 1.807) is 11.3 Å². The summed E-state index contributed by atoms with van der Waals surface area (Å²) in [5.41, 5.74) is 1.03. The maximum absolute atomic E-state index is 4.54. The Morgan fingerprint density at radius 3 is 2.65 bits per heavy atom. The lowest BCUT2D eigenvalue weighted by Gasteiger charge is -2.08. The normalized spacial score (nSPS) is 10.7. The van der Waals surface area contributed by atoms with Gasteiger partial charge >= 0.3 is 0 Å². The molecular weight excluding hydrogens is 268 g/mol. The van der Waals surface area contributed by atoms with Gasteiger partial charge in [0.2, 0.25) is 5.95 Å². The lowest BCUT2D eigenvalue weighted by molar-refractivity contribution is 1.19. The molecule has 4 nitrogen and oxygen atoms in total. The second kappa shape index (κ2) is 5.46. The van der Waals surface area contributed by atoms with Gasteiger partial charge < -0.3 is 10.6 Å². The molecule has 20 heavy (non-hydrogen) atoms. The summed E-state index contributed by atoms with van der Waals surface area (Å²) in [6.45, 7) is 2.15. The predicted octanol–water partition coefficient (Wildman–Crippen LogP) is 4.04. The summed E-state index contributed by atoms with van der Waals surface area (Å²) < 4.78 is 0. The SMILES string of the molecule is CCc1cc2c(Nc3ccccc3)nc(NC)nc2s1. The second-order valence-electron chi connectivity index (χ2n) is 4.42. The van der Waals surface area contributed by atoms with Gasteiger partial charge in [-0.3, -0.25) is 0 Å². The smallest absolute Gasteiger partial charge is 0.225 e. The van der Waals surface area contributed by atoms with Crippen LogP contribution in [0.3, 0.4) is 0 Å². The summed E-state index contributed by atoms with van der Waals surface area (Å²) in [5, 5.41) is 7.47. The Hall–Kier alpha value is -2.14. The van der Waals surface area contributed by atoms with Gasteiger partial charge in [-0.25, -0.2) is 4.98 Å². The zero-order valence-corrected chi connectivity index (χ0v) is 12.3. The molecule has 0 aliphatic rings. The van der Waals surface area contributed by atoms with Crippen molar-refractivity contribution < 1.29 is 0 Å². The molecule has 0 aliphatic carbocycles. The quantitative estimate of drug-likeness (QED) is 0.759. The summed E-state index contributed by atoms with van der Waals surface area (Å²) in [7, 11) is 1.84. The zero-order chi connectivity index (χ0) is 13.9. The highest BCUT2D eigenvalue weighted by Gasteiger charge is 2.11. The molecule has 0 spiro atoms. The van der Waals surface area contributed by atoms with Crippen molar-refractivity contribution in [3.8, 4) is 0 Å². The van der Waals surface area contributed by atoms with Crippen LogP contribution >= 0.6 is 11.3 Å². The highest BCUT2D eigenvalue weighted by atomic mass is 32.1. The zero-order valence-electron chi connectivity index (χ0n) is 11.5. The van der Waals surface area contributed by atoms with Gasteiger partial charge in [-0.15, -0.1) is 11.3 Å². The number of hydrogen-bond acceptors (Lipinski definition) is 5. The molecular formula is C15H16N4S. The topological polar surface area (TPSA) is 49.8 Å². The van der Waals surface area contributed by atoms with E-state index in [1.807, 2.05) is 37.4 Å². The number of benzene rings is 1. The number of fused-ring (bicyclic) bond motifs is 1. The van der Waals surface area contributed by atoms with E-state index in [0.717, 1.165) is 28.1 Å². The van der Waals surface area contributed by atoms with Crippen LogP contribution in [0.2, 0.25) is 0 Å². The number of para-hydroxylation sites is 1. The summed E-state index contributed by atoms with van der Waals surface area (Å²) in [5.74, 6) is 1.49. The molecule has 3 aromatic rings. The number of thiophene rings is 1. The molecule has 0 amide bonds. The Kier molecular flexibility index (Phi) is 3.52. The van der Waals surface area contributed by atoms with Crippen molar-refractivity contribution in [3.63, 3.8) is 0 Å². The van der Waals surface area contributed by atoms with Crippen LogP contribution in [-0.4, -0.2) is 17.0 Å². The van der Waals surface area contributed by atoms with E-state index in [0.29, 0.717) is 5.95 Å². The number of anilines is 3. The fraction of sp³-hybridized carbons (Fsp3) is 0.200. The first kappa shape index (κ1) is 12.9. The van der Waals surface area contributed by atoms with Crippen molar-refractivity contribution in [2.24, 2.45) is 0 Å². The molecule has 5 heteroatoms. The van der Waals surface area contributed by atoms with E-state index < -0.39 is 0 Å². The second-order valence-corrected chi connectivity index (χ2v) is 5.54. The van der Waals surface area contributed by atoms with Crippen LogP contribution < -0.4 is 10.6 Å². The van der Waals surface area contributed by atoms with Gasteiger partial charge in [0.1, 0.15) is 10.6 Å². The number of aryl methyl sites for hydroxylation is 1. The van der Waals surface area contributed by atoms with Crippen molar-refractivity contribution in [2.45, 2.75) is 13.3 Å². The van der Waals surface area contributed by atoms with Gasteiger partial charge in [-0.05, 0) is 24.6 Å². The molecule has 3 rings (SSSR count). The van der Waals surface area contributed by atoms with E-state index in [-0.39, 0.29) is 0 Å². The number of hydrogen-bond donors (Lipinski definition) is 2. The molecule has 0 saturated heterocycles. The van der Waals surface area contributed by atoms with Gasteiger partial charge in [0.25, 0.3) is 0 Å². The number of nitrogens with one attached hydrogen (secondary N) is 2. The largest absolute Gasteiger partial charge is 0.357 e. The Morgan fingerprint density at radius 2 is 1.95 bits per heavy atom. The first-order chi connectivity index (χ1) is 9.80. The first-order valence-corrected chi connectivity index (χ1v) is 7.42. The van der Waals surface area contributed by atoms with Crippen molar-refractivity contribution in [3.05, 3.63) is 41.3 Å². The van der Waals surface area contributed by atoms with Gasteiger partial charge in [-0.2, -0.15) is 4.98 Å². The van der Waals surface area contributed by atoms with E-state index in [9.17, 15) is 0 Å².